The highest BCUT2D eigenvalue weighted by Gasteiger charge is 2.25. The van der Waals surface area contributed by atoms with Crippen molar-refractivity contribution in [3.8, 4) is 0 Å². The molecule has 1 N–H and O–H groups in total. The number of likely N-dealkylation sites (tertiary alicyclic amines) is 1. The summed E-state index contributed by atoms with van der Waals surface area (Å²) in [6, 6.07) is 0.635. The molecule has 5 nitrogen and oxygen atoms in total. The van der Waals surface area contributed by atoms with E-state index in [1.54, 1.807) is 0 Å². The molecule has 3 heterocycles. The molecule has 0 aliphatic carbocycles. The molecule has 0 bridgehead atoms. The zero-order valence-corrected chi connectivity index (χ0v) is 12.6. The fraction of sp³-hybridized carbons (Fsp3) is 0.867. The summed E-state index contributed by atoms with van der Waals surface area (Å²) in [5.41, 5.74) is 0. The fourth-order valence-corrected chi connectivity index (χ4v) is 3.42. The van der Waals surface area contributed by atoms with E-state index in [2.05, 4.69) is 28.8 Å². The maximum atomic E-state index is 9.69. The molecule has 1 fully saturated rings. The summed E-state index contributed by atoms with van der Waals surface area (Å²) in [6.45, 7) is 7.76. The molecule has 2 aliphatic rings. The lowest BCUT2D eigenvalue weighted by molar-refractivity contribution is 0.137. The van der Waals surface area contributed by atoms with Gasteiger partial charge in [-0.2, -0.15) is 5.10 Å². The van der Waals surface area contributed by atoms with Gasteiger partial charge < -0.3 is 10.0 Å². The van der Waals surface area contributed by atoms with E-state index in [0.717, 1.165) is 31.0 Å². The maximum absolute atomic E-state index is 9.69. The minimum atomic E-state index is -0.231. The number of rotatable bonds is 3. The number of aliphatic hydroxyl groups is 1. The van der Waals surface area contributed by atoms with E-state index in [4.69, 9.17) is 0 Å². The van der Waals surface area contributed by atoms with Crippen LogP contribution in [-0.2, 0) is 19.4 Å². The zero-order chi connectivity index (χ0) is 14.1. The van der Waals surface area contributed by atoms with Crippen LogP contribution in [0.3, 0.4) is 0 Å². The van der Waals surface area contributed by atoms with Gasteiger partial charge in [0.2, 0.25) is 0 Å². The van der Waals surface area contributed by atoms with Crippen molar-refractivity contribution in [1.82, 2.24) is 19.7 Å². The Morgan fingerprint density at radius 1 is 1.30 bits per heavy atom. The molecule has 3 rings (SSSR count). The Hall–Kier alpha value is -0.940. The van der Waals surface area contributed by atoms with Gasteiger partial charge in [-0.25, -0.2) is 9.67 Å². The summed E-state index contributed by atoms with van der Waals surface area (Å²) in [5.74, 6) is 2.63. The Bertz CT molecular complexity index is 457. The number of fused-ring (bicyclic) bond motifs is 1. The van der Waals surface area contributed by atoms with Crippen LogP contribution in [-0.4, -0.2) is 50.0 Å². The van der Waals surface area contributed by atoms with Crippen molar-refractivity contribution in [2.24, 2.45) is 5.92 Å². The van der Waals surface area contributed by atoms with E-state index in [9.17, 15) is 5.11 Å². The highest BCUT2D eigenvalue weighted by atomic mass is 16.3. The Balaban J connectivity index is 1.63. The van der Waals surface area contributed by atoms with Crippen molar-refractivity contribution in [3.63, 3.8) is 0 Å². The van der Waals surface area contributed by atoms with E-state index in [1.807, 2.05) is 4.68 Å². The molecule has 0 radical (unpaired) electrons. The molecule has 20 heavy (non-hydrogen) atoms. The van der Waals surface area contributed by atoms with Gasteiger partial charge in [0, 0.05) is 32.0 Å². The summed E-state index contributed by atoms with van der Waals surface area (Å²) >= 11 is 0. The molecule has 1 aromatic rings. The number of piperidine rings is 1. The lowest BCUT2D eigenvalue weighted by Crippen LogP contribution is -2.40. The van der Waals surface area contributed by atoms with Gasteiger partial charge in [-0.15, -0.1) is 0 Å². The Morgan fingerprint density at radius 2 is 2.15 bits per heavy atom. The average molecular weight is 278 g/mol. The SMILES string of the molecule is CC(C)N1CCCC(Cc2nc3n(n2)CCC(O)C3)C1. The van der Waals surface area contributed by atoms with Crippen LogP contribution in [0.5, 0.6) is 0 Å². The first-order valence-electron chi connectivity index (χ1n) is 7.96. The Kier molecular flexibility index (Phi) is 4.08. The molecule has 0 amide bonds. The van der Waals surface area contributed by atoms with E-state index >= 15 is 0 Å². The van der Waals surface area contributed by atoms with Gasteiger partial charge in [-0.3, -0.25) is 0 Å². The number of hydrogen-bond donors (Lipinski definition) is 1. The zero-order valence-electron chi connectivity index (χ0n) is 12.6. The van der Waals surface area contributed by atoms with Gasteiger partial charge in [0.1, 0.15) is 5.82 Å². The van der Waals surface area contributed by atoms with Crippen molar-refractivity contribution >= 4 is 0 Å². The highest BCUT2D eigenvalue weighted by molar-refractivity contribution is 4.99. The van der Waals surface area contributed by atoms with Crippen molar-refractivity contribution in [1.29, 1.82) is 0 Å². The molecule has 112 valence electrons. The second-order valence-electron chi connectivity index (χ2n) is 6.62. The van der Waals surface area contributed by atoms with Crippen LogP contribution in [0, 0.1) is 5.92 Å². The predicted octanol–water partition coefficient (Wildman–Crippen LogP) is 1.25. The third-order valence-electron chi connectivity index (χ3n) is 4.64. The molecule has 2 unspecified atom stereocenters. The van der Waals surface area contributed by atoms with Crippen LogP contribution in [0.2, 0.25) is 0 Å². The first-order chi connectivity index (χ1) is 9.61. The van der Waals surface area contributed by atoms with Gasteiger partial charge in [0.15, 0.2) is 5.82 Å². The van der Waals surface area contributed by atoms with Crippen LogP contribution in [0.25, 0.3) is 0 Å². The number of aromatic nitrogens is 3. The lowest BCUT2D eigenvalue weighted by atomic mass is 9.94. The Labute approximate surface area is 121 Å². The van der Waals surface area contributed by atoms with Crippen LogP contribution in [0.1, 0.15) is 44.8 Å². The lowest BCUT2D eigenvalue weighted by Gasteiger charge is -2.35. The standard InChI is InChI=1S/C15H26N4O/c1-11(2)18-6-3-4-12(10-18)8-14-16-15-9-13(20)5-7-19(15)17-14/h11-13,20H,3-10H2,1-2H3. The first-order valence-corrected chi connectivity index (χ1v) is 7.96. The summed E-state index contributed by atoms with van der Waals surface area (Å²) in [5, 5.41) is 14.3. The Morgan fingerprint density at radius 3 is 2.95 bits per heavy atom. The van der Waals surface area contributed by atoms with Crippen LogP contribution in [0.15, 0.2) is 0 Å². The quantitative estimate of drug-likeness (QED) is 0.904. The highest BCUT2D eigenvalue weighted by Crippen LogP contribution is 2.22. The van der Waals surface area contributed by atoms with Gasteiger partial charge in [0.25, 0.3) is 0 Å². The molecule has 0 aromatic carbocycles. The van der Waals surface area contributed by atoms with Crippen molar-refractivity contribution < 1.29 is 5.11 Å². The van der Waals surface area contributed by atoms with Crippen LogP contribution < -0.4 is 0 Å². The van der Waals surface area contributed by atoms with Gasteiger partial charge in [-0.05, 0) is 45.6 Å². The topological polar surface area (TPSA) is 54.2 Å². The van der Waals surface area contributed by atoms with Gasteiger partial charge in [-0.1, -0.05) is 0 Å². The van der Waals surface area contributed by atoms with E-state index in [1.165, 1.54) is 25.9 Å². The molecule has 1 aromatic heterocycles. The molecular weight excluding hydrogens is 252 g/mol. The monoisotopic (exact) mass is 278 g/mol. The molecule has 0 spiro atoms. The maximum Gasteiger partial charge on any atom is 0.151 e. The minimum Gasteiger partial charge on any atom is -0.393 e. The van der Waals surface area contributed by atoms with E-state index in [-0.39, 0.29) is 6.10 Å². The summed E-state index contributed by atoms with van der Waals surface area (Å²) in [6.07, 6.45) is 4.80. The molecular formula is C15H26N4O. The second-order valence-corrected chi connectivity index (χ2v) is 6.62. The third-order valence-corrected chi connectivity index (χ3v) is 4.64. The number of hydrogen-bond acceptors (Lipinski definition) is 4. The fourth-order valence-electron chi connectivity index (χ4n) is 3.42. The molecule has 2 aliphatic heterocycles. The molecule has 0 saturated carbocycles. The summed E-state index contributed by atoms with van der Waals surface area (Å²) in [4.78, 5) is 7.20. The largest absolute Gasteiger partial charge is 0.393 e. The van der Waals surface area contributed by atoms with Gasteiger partial charge in [0.05, 0.1) is 6.10 Å². The second kappa shape index (κ2) is 5.82. The number of aryl methyl sites for hydroxylation is 1. The van der Waals surface area contributed by atoms with Crippen molar-refractivity contribution in [3.05, 3.63) is 11.6 Å². The van der Waals surface area contributed by atoms with Crippen molar-refractivity contribution in [2.45, 2.75) is 64.6 Å². The minimum absolute atomic E-state index is 0.231. The van der Waals surface area contributed by atoms with Crippen molar-refractivity contribution in [2.75, 3.05) is 13.1 Å². The number of nitrogens with zero attached hydrogens (tertiary/aromatic N) is 4. The normalized spacial score (nSPS) is 27.8. The first kappa shape index (κ1) is 14.0. The summed E-state index contributed by atoms with van der Waals surface area (Å²) in [7, 11) is 0. The van der Waals surface area contributed by atoms with Gasteiger partial charge >= 0.3 is 0 Å². The molecule has 2 atom stereocenters. The molecule has 1 saturated heterocycles. The van der Waals surface area contributed by atoms with Crippen LogP contribution in [0.4, 0.5) is 0 Å². The smallest absolute Gasteiger partial charge is 0.151 e. The van der Waals surface area contributed by atoms with E-state index in [0.29, 0.717) is 18.4 Å². The third kappa shape index (κ3) is 3.04. The van der Waals surface area contributed by atoms with Crippen LogP contribution >= 0.6 is 0 Å². The predicted molar refractivity (Wildman–Crippen MR) is 77.5 cm³/mol. The molecule has 5 heteroatoms. The summed E-state index contributed by atoms with van der Waals surface area (Å²) < 4.78 is 1.99. The van der Waals surface area contributed by atoms with E-state index < -0.39 is 0 Å². The number of aliphatic hydroxyl groups excluding tert-OH is 1. The average Bonchev–Trinajstić information content (AvgIpc) is 2.80.